The van der Waals surface area contributed by atoms with Gasteiger partial charge < -0.3 is 11.1 Å². The van der Waals surface area contributed by atoms with Crippen molar-refractivity contribution in [2.24, 2.45) is 12.8 Å². The molecule has 1 aromatic rings. The number of nitrogens with one attached hydrogen (secondary N) is 1. The Labute approximate surface area is 104 Å². The van der Waals surface area contributed by atoms with Crippen LogP contribution in [0.15, 0.2) is 6.20 Å². The monoisotopic (exact) mass is 234 g/mol. The lowest BCUT2D eigenvalue weighted by Crippen LogP contribution is -2.29. The van der Waals surface area contributed by atoms with Gasteiger partial charge >= 0.3 is 0 Å². The first-order valence-corrected chi connectivity index (χ1v) is 6.08. The van der Waals surface area contributed by atoms with Crippen LogP contribution in [-0.4, -0.2) is 22.9 Å². The Morgan fingerprint density at radius 3 is 2.94 bits per heavy atom. The molecule has 0 radical (unpaired) electrons. The van der Waals surface area contributed by atoms with Crippen molar-refractivity contribution in [3.63, 3.8) is 0 Å². The van der Waals surface area contributed by atoms with E-state index >= 15 is 0 Å². The minimum atomic E-state index is 0.178. The molecule has 1 aromatic heterocycles. The van der Waals surface area contributed by atoms with Crippen molar-refractivity contribution in [3.05, 3.63) is 17.5 Å². The van der Waals surface area contributed by atoms with E-state index in [1.807, 2.05) is 18.7 Å². The number of aryl methyl sites for hydroxylation is 2. The summed E-state index contributed by atoms with van der Waals surface area (Å²) in [7, 11) is 1.94. The van der Waals surface area contributed by atoms with Gasteiger partial charge in [0.15, 0.2) is 0 Å². The van der Waals surface area contributed by atoms with Crippen molar-refractivity contribution in [2.75, 3.05) is 13.1 Å². The minimum absolute atomic E-state index is 0.178. The van der Waals surface area contributed by atoms with Crippen LogP contribution in [0.5, 0.6) is 0 Å². The van der Waals surface area contributed by atoms with Gasteiger partial charge in [-0.25, -0.2) is 0 Å². The zero-order valence-corrected chi connectivity index (χ0v) is 11.0. The maximum absolute atomic E-state index is 5.82. The Bertz CT molecular complexity index is 397. The molecule has 0 aliphatic rings. The number of nitrogens with two attached hydrogens (primary N) is 1. The summed E-state index contributed by atoms with van der Waals surface area (Å²) in [5, 5.41) is 7.86. The van der Waals surface area contributed by atoms with Gasteiger partial charge in [0.1, 0.15) is 0 Å². The second-order valence-electron chi connectivity index (χ2n) is 3.98. The first-order chi connectivity index (χ1) is 8.22. The van der Waals surface area contributed by atoms with E-state index in [2.05, 4.69) is 35.4 Å². The predicted octanol–water partition coefficient (Wildman–Crippen LogP) is 0.985. The summed E-state index contributed by atoms with van der Waals surface area (Å²) in [4.78, 5) is 0. The van der Waals surface area contributed by atoms with Crippen LogP contribution in [0.1, 0.15) is 37.6 Å². The molecule has 0 amide bonds. The van der Waals surface area contributed by atoms with E-state index in [4.69, 9.17) is 5.73 Å². The second-order valence-corrected chi connectivity index (χ2v) is 3.98. The van der Waals surface area contributed by atoms with Crippen LogP contribution in [-0.2, 0) is 13.5 Å². The largest absolute Gasteiger partial charge is 0.329 e. The third kappa shape index (κ3) is 3.88. The van der Waals surface area contributed by atoms with Gasteiger partial charge in [0.05, 0.1) is 5.69 Å². The molecule has 0 fully saturated rings. The number of hydrogen-bond donors (Lipinski definition) is 2. The van der Waals surface area contributed by atoms with E-state index in [0.717, 1.165) is 25.1 Å². The van der Waals surface area contributed by atoms with Crippen molar-refractivity contribution >= 4 is 0 Å². The Morgan fingerprint density at radius 2 is 2.35 bits per heavy atom. The third-order valence-corrected chi connectivity index (χ3v) is 2.70. The smallest absolute Gasteiger partial charge is 0.0670 e. The Balaban J connectivity index is 2.67. The Hall–Kier alpha value is -1.31. The molecule has 1 atom stereocenters. The molecule has 94 valence electrons. The van der Waals surface area contributed by atoms with Gasteiger partial charge in [0, 0.05) is 44.4 Å². The van der Waals surface area contributed by atoms with Crippen molar-refractivity contribution in [2.45, 2.75) is 32.7 Å². The van der Waals surface area contributed by atoms with Gasteiger partial charge in [-0.3, -0.25) is 4.68 Å². The van der Waals surface area contributed by atoms with Crippen LogP contribution in [0.2, 0.25) is 0 Å². The second kappa shape index (κ2) is 7.10. The SMILES string of the molecule is CC#CCCNC(CN)c1cn(C)nc1CC. The highest BCUT2D eigenvalue weighted by Gasteiger charge is 2.15. The summed E-state index contributed by atoms with van der Waals surface area (Å²) >= 11 is 0. The summed E-state index contributed by atoms with van der Waals surface area (Å²) in [5.41, 5.74) is 8.15. The molecule has 0 aliphatic heterocycles. The topological polar surface area (TPSA) is 55.9 Å². The molecule has 1 heterocycles. The molecule has 0 bridgehead atoms. The van der Waals surface area contributed by atoms with Crippen molar-refractivity contribution in [3.8, 4) is 11.8 Å². The lowest BCUT2D eigenvalue weighted by Gasteiger charge is -2.15. The first kappa shape index (κ1) is 13.8. The number of nitrogens with zero attached hydrogens (tertiary/aromatic N) is 2. The maximum atomic E-state index is 5.82. The van der Waals surface area contributed by atoms with E-state index < -0.39 is 0 Å². The lowest BCUT2D eigenvalue weighted by atomic mass is 10.1. The standard InChI is InChI=1S/C13H22N4/c1-4-6-7-8-15-13(9-14)11-10-17(3)16-12(11)5-2/h10,13,15H,5,7-9,14H2,1-3H3. The molecule has 0 saturated heterocycles. The maximum Gasteiger partial charge on any atom is 0.0670 e. The number of hydrogen-bond acceptors (Lipinski definition) is 3. The highest BCUT2D eigenvalue weighted by Crippen LogP contribution is 2.16. The van der Waals surface area contributed by atoms with Gasteiger partial charge in [-0.05, 0) is 13.3 Å². The third-order valence-electron chi connectivity index (χ3n) is 2.70. The fraction of sp³-hybridized carbons (Fsp3) is 0.615. The van der Waals surface area contributed by atoms with E-state index in [1.165, 1.54) is 5.56 Å². The van der Waals surface area contributed by atoms with Crippen LogP contribution in [0.4, 0.5) is 0 Å². The zero-order valence-electron chi connectivity index (χ0n) is 11.0. The molecule has 0 spiro atoms. The average Bonchev–Trinajstić information content (AvgIpc) is 2.70. The van der Waals surface area contributed by atoms with Crippen LogP contribution in [0.25, 0.3) is 0 Å². The van der Waals surface area contributed by atoms with Crippen LogP contribution >= 0.6 is 0 Å². The Kier molecular flexibility index (Phi) is 5.75. The first-order valence-electron chi connectivity index (χ1n) is 6.08. The van der Waals surface area contributed by atoms with Gasteiger partial charge in [0.25, 0.3) is 0 Å². The average molecular weight is 234 g/mol. The highest BCUT2D eigenvalue weighted by molar-refractivity contribution is 5.22. The van der Waals surface area contributed by atoms with E-state index in [9.17, 15) is 0 Å². The molecule has 3 N–H and O–H groups in total. The highest BCUT2D eigenvalue weighted by atomic mass is 15.3. The molecular formula is C13H22N4. The fourth-order valence-electron chi connectivity index (χ4n) is 1.87. The summed E-state index contributed by atoms with van der Waals surface area (Å²) in [6.45, 7) is 5.41. The molecule has 4 heteroatoms. The van der Waals surface area contributed by atoms with Crippen LogP contribution in [0.3, 0.4) is 0 Å². The normalized spacial score (nSPS) is 12.0. The Morgan fingerprint density at radius 1 is 1.59 bits per heavy atom. The fourth-order valence-corrected chi connectivity index (χ4v) is 1.87. The predicted molar refractivity (Wildman–Crippen MR) is 70.5 cm³/mol. The summed E-state index contributed by atoms with van der Waals surface area (Å²) in [6.07, 6.45) is 3.84. The van der Waals surface area contributed by atoms with Crippen molar-refractivity contribution in [1.29, 1.82) is 0 Å². The summed E-state index contributed by atoms with van der Waals surface area (Å²) in [6, 6.07) is 0.178. The zero-order chi connectivity index (χ0) is 12.7. The summed E-state index contributed by atoms with van der Waals surface area (Å²) in [5.74, 6) is 5.93. The van der Waals surface area contributed by atoms with E-state index in [1.54, 1.807) is 0 Å². The van der Waals surface area contributed by atoms with Gasteiger partial charge in [-0.2, -0.15) is 5.10 Å². The molecular weight excluding hydrogens is 212 g/mol. The number of aromatic nitrogens is 2. The molecule has 0 aliphatic carbocycles. The van der Waals surface area contributed by atoms with Crippen LogP contribution < -0.4 is 11.1 Å². The summed E-state index contributed by atoms with van der Waals surface area (Å²) < 4.78 is 1.85. The van der Waals surface area contributed by atoms with Gasteiger partial charge in [-0.1, -0.05) is 6.92 Å². The van der Waals surface area contributed by atoms with Crippen LogP contribution in [0, 0.1) is 11.8 Å². The van der Waals surface area contributed by atoms with Crippen molar-refractivity contribution in [1.82, 2.24) is 15.1 Å². The molecule has 1 rings (SSSR count). The quantitative estimate of drug-likeness (QED) is 0.570. The molecule has 4 nitrogen and oxygen atoms in total. The van der Waals surface area contributed by atoms with E-state index in [-0.39, 0.29) is 6.04 Å². The molecule has 0 aromatic carbocycles. The lowest BCUT2D eigenvalue weighted by molar-refractivity contribution is 0.546. The van der Waals surface area contributed by atoms with Gasteiger partial charge in [-0.15, -0.1) is 11.8 Å². The number of rotatable bonds is 6. The minimum Gasteiger partial charge on any atom is -0.329 e. The van der Waals surface area contributed by atoms with Gasteiger partial charge in [0.2, 0.25) is 0 Å². The molecule has 0 saturated carbocycles. The van der Waals surface area contributed by atoms with Crippen molar-refractivity contribution < 1.29 is 0 Å². The van der Waals surface area contributed by atoms with E-state index in [0.29, 0.717) is 6.54 Å². The molecule has 1 unspecified atom stereocenters. The molecule has 17 heavy (non-hydrogen) atoms.